The SMILES string of the molecule is COc1nc(-c2cccc(-c3cccc(NC(=O)c4cc(C#N)c5c(n4)CN(CCO)CC5)c3Cl)c2Cl)cnc1CN1CC2(CC(O)C2)C1. The van der Waals surface area contributed by atoms with Crippen molar-refractivity contribution < 1.29 is 19.7 Å². The first-order chi connectivity index (χ1) is 23.7. The molecule has 0 atom stereocenters. The van der Waals surface area contributed by atoms with Gasteiger partial charge in [-0.25, -0.2) is 9.97 Å². The molecule has 1 amide bonds. The molecule has 7 rings (SSSR count). The number of aromatic nitrogens is 3. The minimum absolute atomic E-state index is 0.0170. The first kappa shape index (κ1) is 33.4. The molecule has 0 bridgehead atoms. The number of anilines is 1. The topological polar surface area (TPSA) is 148 Å². The zero-order valence-corrected chi connectivity index (χ0v) is 28.4. The smallest absolute Gasteiger partial charge is 0.274 e. The Morgan fingerprint density at radius 3 is 2.55 bits per heavy atom. The number of likely N-dealkylation sites (tertiary alicyclic amines) is 1. The Bertz CT molecular complexity index is 1970. The number of amides is 1. The number of nitriles is 1. The largest absolute Gasteiger partial charge is 0.480 e. The highest BCUT2D eigenvalue weighted by molar-refractivity contribution is 6.39. The average molecular weight is 701 g/mol. The molecule has 11 nitrogen and oxygen atoms in total. The van der Waals surface area contributed by atoms with Gasteiger partial charge >= 0.3 is 0 Å². The van der Waals surface area contributed by atoms with Gasteiger partial charge in [-0.3, -0.25) is 19.6 Å². The molecule has 1 spiro atoms. The fourth-order valence-corrected chi connectivity index (χ4v) is 7.93. The van der Waals surface area contributed by atoms with Crippen LogP contribution >= 0.6 is 23.2 Å². The van der Waals surface area contributed by atoms with E-state index >= 15 is 0 Å². The van der Waals surface area contributed by atoms with Crippen LogP contribution in [0.1, 0.15) is 45.8 Å². The Morgan fingerprint density at radius 2 is 1.84 bits per heavy atom. The van der Waals surface area contributed by atoms with E-state index in [0.29, 0.717) is 82.8 Å². The number of carbonyl (C=O) groups is 1. The Hall–Kier alpha value is -4.15. The van der Waals surface area contributed by atoms with Crippen molar-refractivity contribution in [1.29, 1.82) is 5.26 Å². The van der Waals surface area contributed by atoms with E-state index in [9.17, 15) is 20.3 Å². The minimum Gasteiger partial charge on any atom is -0.480 e. The average Bonchev–Trinajstić information content (AvgIpc) is 3.07. The van der Waals surface area contributed by atoms with E-state index in [4.69, 9.17) is 37.9 Å². The van der Waals surface area contributed by atoms with Crippen LogP contribution in [-0.2, 0) is 19.5 Å². The molecule has 252 valence electrons. The number of benzene rings is 2. The van der Waals surface area contributed by atoms with E-state index in [1.165, 1.54) is 6.07 Å². The molecule has 0 radical (unpaired) electrons. The first-order valence-electron chi connectivity index (χ1n) is 16.2. The van der Waals surface area contributed by atoms with Gasteiger partial charge in [-0.05, 0) is 37.0 Å². The van der Waals surface area contributed by atoms with Crippen LogP contribution in [-0.4, -0.2) is 86.9 Å². The molecule has 2 fully saturated rings. The highest BCUT2D eigenvalue weighted by Crippen LogP contribution is 2.49. The number of aliphatic hydroxyl groups is 2. The lowest BCUT2D eigenvalue weighted by molar-refractivity contribution is -0.131. The number of β-amino-alcohol motifs (C(OH)–C–C–N with tert-alkyl or cyclic N) is 1. The predicted molar refractivity (Wildman–Crippen MR) is 185 cm³/mol. The van der Waals surface area contributed by atoms with Crippen LogP contribution in [0.25, 0.3) is 22.4 Å². The van der Waals surface area contributed by atoms with Gasteiger partial charge in [0, 0.05) is 61.4 Å². The number of halogens is 2. The second-order valence-electron chi connectivity index (χ2n) is 13.0. The zero-order chi connectivity index (χ0) is 34.3. The standard InChI is InChI=1S/C36H35Cl2N7O4/c1-49-35-31(18-45-19-36(20-45)13-22(47)14-36)40-16-29(43-35)26-6-2-4-24(32(26)37)25-5-3-7-27(33(25)38)42-34(48)28-12-21(15-39)23-8-9-44(10-11-46)17-30(23)41-28/h2-7,12,16,22,46-47H,8-11,13-14,17-20H2,1H3,(H,42,48). The summed E-state index contributed by atoms with van der Waals surface area (Å²) in [6.45, 7) is 4.13. The number of nitrogens with zero attached hydrogens (tertiary/aromatic N) is 6. The number of fused-ring (bicyclic) bond motifs is 1. The number of hydrogen-bond donors (Lipinski definition) is 3. The highest BCUT2D eigenvalue weighted by Gasteiger charge is 2.51. The molecule has 3 aliphatic rings. The van der Waals surface area contributed by atoms with Crippen LogP contribution in [0, 0.1) is 16.7 Å². The molecule has 49 heavy (non-hydrogen) atoms. The molecule has 2 aliphatic heterocycles. The maximum absolute atomic E-state index is 13.5. The van der Waals surface area contributed by atoms with Crippen LogP contribution in [0.5, 0.6) is 5.88 Å². The van der Waals surface area contributed by atoms with Gasteiger partial charge in [0.15, 0.2) is 0 Å². The van der Waals surface area contributed by atoms with Crippen LogP contribution in [0.2, 0.25) is 10.0 Å². The van der Waals surface area contributed by atoms with Crippen molar-refractivity contribution >= 4 is 34.8 Å². The van der Waals surface area contributed by atoms with Gasteiger partial charge < -0.3 is 20.3 Å². The molecule has 3 N–H and O–H groups in total. The third-order valence-electron chi connectivity index (χ3n) is 9.68. The Morgan fingerprint density at radius 1 is 1.10 bits per heavy atom. The Kier molecular flexibility index (Phi) is 9.28. The molecular formula is C36H35Cl2N7O4. The van der Waals surface area contributed by atoms with Crippen molar-refractivity contribution in [1.82, 2.24) is 24.8 Å². The van der Waals surface area contributed by atoms with Crippen molar-refractivity contribution in [3.8, 4) is 34.3 Å². The van der Waals surface area contributed by atoms with E-state index in [-0.39, 0.29) is 28.8 Å². The Labute approximate surface area is 294 Å². The monoisotopic (exact) mass is 699 g/mol. The molecule has 2 aromatic carbocycles. The maximum Gasteiger partial charge on any atom is 0.274 e. The summed E-state index contributed by atoms with van der Waals surface area (Å²) in [6, 6.07) is 14.5. The number of nitrogens with one attached hydrogen (secondary N) is 1. The number of hydrogen-bond acceptors (Lipinski definition) is 10. The van der Waals surface area contributed by atoms with Gasteiger partial charge in [0.05, 0.1) is 64.8 Å². The lowest BCUT2D eigenvalue weighted by atomic mass is 9.62. The maximum atomic E-state index is 13.5. The lowest BCUT2D eigenvalue weighted by Crippen LogP contribution is -2.63. The van der Waals surface area contributed by atoms with Crippen LogP contribution in [0.15, 0.2) is 48.7 Å². The van der Waals surface area contributed by atoms with E-state index in [2.05, 4.69) is 21.3 Å². The number of ether oxygens (including phenoxy) is 1. The van der Waals surface area contributed by atoms with E-state index in [1.807, 2.05) is 29.2 Å². The molecular weight excluding hydrogens is 665 g/mol. The molecule has 1 saturated heterocycles. The molecule has 4 aromatic rings. The summed E-state index contributed by atoms with van der Waals surface area (Å²) in [5.41, 5.74) is 5.78. The van der Waals surface area contributed by atoms with Gasteiger partial charge in [0.1, 0.15) is 11.4 Å². The zero-order valence-electron chi connectivity index (χ0n) is 26.9. The summed E-state index contributed by atoms with van der Waals surface area (Å²) in [7, 11) is 1.57. The Balaban J connectivity index is 1.11. The van der Waals surface area contributed by atoms with Crippen molar-refractivity contribution in [2.24, 2.45) is 5.41 Å². The number of carbonyl (C=O) groups excluding carboxylic acids is 1. The highest BCUT2D eigenvalue weighted by atomic mass is 35.5. The van der Waals surface area contributed by atoms with Gasteiger partial charge in [0.25, 0.3) is 5.91 Å². The predicted octanol–water partition coefficient (Wildman–Crippen LogP) is 4.95. The van der Waals surface area contributed by atoms with Gasteiger partial charge in [0.2, 0.25) is 5.88 Å². The third kappa shape index (κ3) is 6.48. The molecule has 4 heterocycles. The fourth-order valence-electron chi connectivity index (χ4n) is 7.33. The summed E-state index contributed by atoms with van der Waals surface area (Å²) in [6.07, 6.45) is 3.86. The minimum atomic E-state index is -0.501. The number of methoxy groups -OCH3 is 1. The summed E-state index contributed by atoms with van der Waals surface area (Å²) < 4.78 is 5.63. The van der Waals surface area contributed by atoms with Crippen molar-refractivity contribution in [2.45, 2.75) is 38.5 Å². The van der Waals surface area contributed by atoms with Gasteiger partial charge in [-0.2, -0.15) is 5.26 Å². The molecule has 1 saturated carbocycles. The normalized spacial score (nSPS) is 17.1. The second-order valence-corrected chi connectivity index (χ2v) is 13.8. The molecule has 0 unspecified atom stereocenters. The summed E-state index contributed by atoms with van der Waals surface area (Å²) >= 11 is 13.9. The van der Waals surface area contributed by atoms with Gasteiger partial charge in [-0.15, -0.1) is 0 Å². The van der Waals surface area contributed by atoms with E-state index in [1.54, 1.807) is 25.4 Å². The van der Waals surface area contributed by atoms with Crippen LogP contribution in [0.3, 0.4) is 0 Å². The summed E-state index contributed by atoms with van der Waals surface area (Å²) in [5, 5.41) is 32.5. The first-order valence-corrected chi connectivity index (χ1v) is 16.9. The quantitative estimate of drug-likeness (QED) is 0.219. The fraction of sp³-hybridized carbons (Fsp3) is 0.361. The summed E-state index contributed by atoms with van der Waals surface area (Å²) in [5.74, 6) is -0.0774. The number of aliphatic hydroxyl groups excluding tert-OH is 2. The number of rotatable bonds is 9. The van der Waals surface area contributed by atoms with Crippen LogP contribution < -0.4 is 10.1 Å². The van der Waals surface area contributed by atoms with Crippen molar-refractivity contribution in [3.05, 3.63) is 86.9 Å². The molecule has 1 aliphatic carbocycles. The lowest BCUT2D eigenvalue weighted by Gasteiger charge is -2.57. The number of pyridine rings is 1. The van der Waals surface area contributed by atoms with Crippen molar-refractivity contribution in [3.63, 3.8) is 0 Å². The van der Waals surface area contributed by atoms with Gasteiger partial charge in [-0.1, -0.05) is 53.5 Å². The molecule has 2 aromatic heterocycles. The van der Waals surface area contributed by atoms with Crippen LogP contribution in [0.4, 0.5) is 5.69 Å². The van der Waals surface area contributed by atoms with E-state index < -0.39 is 5.91 Å². The van der Waals surface area contributed by atoms with E-state index in [0.717, 1.165) is 37.2 Å². The second kappa shape index (κ2) is 13.6. The molecule has 13 heteroatoms. The third-order valence-corrected chi connectivity index (χ3v) is 10.5. The summed E-state index contributed by atoms with van der Waals surface area (Å²) in [4.78, 5) is 31.8. The van der Waals surface area contributed by atoms with Crippen molar-refractivity contribution in [2.75, 3.05) is 45.2 Å².